The van der Waals surface area contributed by atoms with Crippen LogP contribution in [-0.4, -0.2) is 209 Å². The number of ether oxygens (including phenoxy) is 5. The molecule has 8 amide bonds. The second-order valence-corrected chi connectivity index (χ2v) is 27.7. The minimum absolute atomic E-state index is 0.0129. The van der Waals surface area contributed by atoms with Gasteiger partial charge in [0.25, 0.3) is 0 Å². The van der Waals surface area contributed by atoms with Crippen LogP contribution in [0.1, 0.15) is 70.4 Å². The fourth-order valence-corrected chi connectivity index (χ4v) is 13.2. The van der Waals surface area contributed by atoms with E-state index in [1.807, 2.05) is 0 Å². The molecule has 4 saturated heterocycles. The summed E-state index contributed by atoms with van der Waals surface area (Å²) in [7, 11) is 1.40. The van der Waals surface area contributed by atoms with Gasteiger partial charge in [-0.05, 0) is 60.1 Å². The number of rotatable bonds is 25. The highest BCUT2D eigenvalue weighted by Crippen LogP contribution is 2.55. The number of urea groups is 1. The van der Waals surface area contributed by atoms with Crippen molar-refractivity contribution in [3.8, 4) is 0 Å². The van der Waals surface area contributed by atoms with Crippen LogP contribution in [0.5, 0.6) is 0 Å². The first-order valence-electron chi connectivity index (χ1n) is 29.2. The zero-order valence-electron chi connectivity index (χ0n) is 50.5. The number of aromatic nitrogens is 8. The van der Waals surface area contributed by atoms with Gasteiger partial charge in [0.15, 0.2) is 59.0 Å². The molecule has 0 radical (unpaired) electrons. The second-order valence-electron chi connectivity index (χ2n) is 22.1. The molecule has 35 nitrogen and oxygen atoms in total. The number of hydrogen-bond acceptors (Lipinski definition) is 26. The van der Waals surface area contributed by atoms with Gasteiger partial charge in [-0.25, -0.2) is 53.1 Å². The third kappa shape index (κ3) is 17.9. The lowest BCUT2D eigenvalue weighted by Gasteiger charge is -2.29. The smallest absolute Gasteiger partial charge is 0.412 e. The number of likely N-dealkylation sites (N-methyl/N-ethyl adjacent to an activating group) is 1. The summed E-state index contributed by atoms with van der Waals surface area (Å²) in [6.07, 6.45) is -10.7. The standard InChI is InChI=1S/C53H68F2N16O19P2S2/c1-27(2)39(66-34(73)12-16-82-17-15-69-35(74)10-11-36(69)75)31(72)19-29(5-4-13-58-51(57)77)48(76)65-30-8-6-28(7-9-30)20-84-53(79)68(3)14-18-83-52(78)67-45-41-47(62-24-60-45)71(26-64-41)50-38(55)43-33(88-50)22-86-91(80,93)89-42-32(21-85-92(81,94)90-43)87-49(37(42)54)70-25-63-40-44(56)59-23-61-46(40)70/h6-9,23-27,29,32-33,37-39,42-43,49-50H,4-5,10-22H2,1-3H3,(H,65,76)(H,66,73)(H,80,93)(H,81,94)(H2,56,59,61)(H3,57,58,77)(H,60,62,67,78)/t29-,32-,33-,37-,38-,39+,42-,43-,49-,50-,91?,92?/m1/s1. The molecule has 0 saturated carbocycles. The van der Waals surface area contributed by atoms with E-state index in [1.54, 1.807) is 38.1 Å². The van der Waals surface area contributed by atoms with Crippen molar-refractivity contribution in [1.29, 1.82) is 0 Å². The average Bonchev–Trinajstić information content (AvgIpc) is 1.62. The van der Waals surface area contributed by atoms with Crippen LogP contribution in [0.15, 0.2) is 49.6 Å². The van der Waals surface area contributed by atoms with E-state index in [0.717, 1.165) is 33.3 Å². The Bertz CT molecular complexity index is 3700. The Morgan fingerprint density at radius 1 is 0.809 bits per heavy atom. The summed E-state index contributed by atoms with van der Waals surface area (Å²) in [5.41, 5.74) is 12.1. The van der Waals surface area contributed by atoms with Gasteiger partial charge >= 0.3 is 31.7 Å². The molecule has 94 heavy (non-hydrogen) atoms. The molecule has 4 aromatic heterocycles. The molecule has 2 unspecified atom stereocenters. The molecule has 9 rings (SSSR count). The molecule has 4 aliphatic heterocycles. The van der Waals surface area contributed by atoms with Gasteiger partial charge in [0, 0.05) is 50.9 Å². The van der Waals surface area contributed by atoms with Gasteiger partial charge in [-0.15, -0.1) is 0 Å². The average molecular weight is 1400 g/mol. The van der Waals surface area contributed by atoms with Crippen LogP contribution in [0.25, 0.3) is 22.3 Å². The van der Waals surface area contributed by atoms with Crippen molar-refractivity contribution in [2.24, 2.45) is 17.6 Å². The molecule has 41 heteroatoms. The lowest BCUT2D eigenvalue weighted by Crippen LogP contribution is -2.46. The van der Waals surface area contributed by atoms with Crippen molar-refractivity contribution in [2.75, 3.05) is 76.1 Å². The highest BCUT2D eigenvalue weighted by Gasteiger charge is 2.54. The molecule has 510 valence electrons. The number of nitrogens with one attached hydrogen (secondary N) is 4. The Kier molecular flexibility index (Phi) is 23.6. The monoisotopic (exact) mass is 1400 g/mol. The van der Waals surface area contributed by atoms with Gasteiger partial charge in [-0.1, -0.05) is 26.0 Å². The lowest BCUT2D eigenvalue weighted by atomic mass is 9.89. The van der Waals surface area contributed by atoms with Crippen LogP contribution in [0, 0.1) is 11.8 Å². The predicted molar refractivity (Wildman–Crippen MR) is 328 cm³/mol. The summed E-state index contributed by atoms with van der Waals surface area (Å²) >= 11 is 10.5. The lowest BCUT2D eigenvalue weighted by molar-refractivity contribution is -0.139. The number of amides is 8. The molecule has 0 spiro atoms. The van der Waals surface area contributed by atoms with Gasteiger partial charge in [0.05, 0.1) is 58.2 Å². The van der Waals surface area contributed by atoms with E-state index in [2.05, 4.69) is 51.2 Å². The van der Waals surface area contributed by atoms with Crippen LogP contribution < -0.4 is 32.7 Å². The summed E-state index contributed by atoms with van der Waals surface area (Å²) in [6, 6.07) is 4.60. The summed E-state index contributed by atoms with van der Waals surface area (Å²) in [6.45, 7) is -7.25. The largest absolute Gasteiger partial charge is 0.447 e. The summed E-state index contributed by atoms with van der Waals surface area (Å²) in [4.78, 5) is 151. The van der Waals surface area contributed by atoms with Crippen molar-refractivity contribution in [3.63, 3.8) is 0 Å². The predicted octanol–water partition coefficient (Wildman–Crippen LogP) is 2.45. The third-order valence-electron chi connectivity index (χ3n) is 15.2. The van der Waals surface area contributed by atoms with E-state index in [0.29, 0.717) is 17.7 Å². The summed E-state index contributed by atoms with van der Waals surface area (Å²) < 4.78 is 85.9. The number of nitrogens with zero attached hydrogens (tertiary/aromatic N) is 10. The molecule has 4 aliphatic rings. The topological polar surface area (TPSA) is 454 Å². The molecular formula is C53H68F2N16O19P2S2. The number of hydrogen-bond donors (Lipinski definition) is 8. The minimum atomic E-state index is -4.43. The van der Waals surface area contributed by atoms with Crippen LogP contribution in [0.4, 0.5) is 40.5 Å². The number of benzene rings is 1. The number of imidazole rings is 2. The molecule has 10 N–H and O–H groups in total. The number of primary amides is 1. The maximum Gasteiger partial charge on any atom is 0.412 e. The van der Waals surface area contributed by atoms with Crippen LogP contribution in [-0.2, 0) is 96.0 Å². The number of halogens is 2. The number of Topliss-reactive ketones (excluding diaryl/α,β-unsaturated/α-hetero) is 1. The molecule has 0 bridgehead atoms. The normalized spacial score (nSPS) is 25.4. The summed E-state index contributed by atoms with van der Waals surface area (Å²) in [5, 5.41) is 10.4. The number of ketones is 1. The van der Waals surface area contributed by atoms with E-state index >= 15 is 8.78 Å². The third-order valence-corrected chi connectivity index (χ3v) is 18.3. The fourth-order valence-electron chi connectivity index (χ4n) is 10.3. The number of nitrogen functional groups attached to an aromatic ring is 1. The van der Waals surface area contributed by atoms with E-state index in [-0.39, 0.29) is 130 Å². The number of likely N-dealkylation sites (tertiary alicyclic amines) is 1. The molecule has 12 atom stereocenters. The first kappa shape index (κ1) is 70.8. The Hall–Kier alpha value is -7.52. The van der Waals surface area contributed by atoms with E-state index in [9.17, 15) is 48.1 Å². The van der Waals surface area contributed by atoms with Gasteiger partial charge in [0.1, 0.15) is 55.8 Å². The van der Waals surface area contributed by atoms with E-state index in [4.69, 9.17) is 76.9 Å². The van der Waals surface area contributed by atoms with Crippen molar-refractivity contribution in [2.45, 2.75) is 114 Å². The molecular weight excluding hydrogens is 1330 g/mol. The zero-order valence-corrected chi connectivity index (χ0v) is 53.9. The number of imide groups is 1. The van der Waals surface area contributed by atoms with Gasteiger partial charge < -0.3 is 74.8 Å². The number of alkyl halides is 2. The van der Waals surface area contributed by atoms with Gasteiger partial charge in [0.2, 0.25) is 23.6 Å². The zero-order chi connectivity index (χ0) is 67.6. The number of carbonyl (C=O) groups excluding carboxylic acids is 8. The molecule has 4 fully saturated rings. The Morgan fingerprint density at radius 3 is 2.01 bits per heavy atom. The molecule has 8 heterocycles. The van der Waals surface area contributed by atoms with Crippen molar-refractivity contribution >= 4 is 124 Å². The first-order valence-corrected chi connectivity index (χ1v) is 34.4. The number of carbonyl (C=O) groups is 8. The van der Waals surface area contributed by atoms with Gasteiger partial charge in [-0.3, -0.25) is 52.4 Å². The minimum Gasteiger partial charge on any atom is -0.447 e. The van der Waals surface area contributed by atoms with Crippen molar-refractivity contribution in [3.05, 3.63) is 55.1 Å². The number of anilines is 3. The highest BCUT2D eigenvalue weighted by molar-refractivity contribution is 8.07. The quantitative estimate of drug-likeness (QED) is 0.0236. The fraction of sp³-hybridized carbons (Fsp3) is 0.547. The van der Waals surface area contributed by atoms with Crippen LogP contribution in [0.2, 0.25) is 0 Å². The Labute approximate surface area is 543 Å². The first-order chi connectivity index (χ1) is 44.8. The number of nitrogens with two attached hydrogens (primary N) is 2. The van der Waals surface area contributed by atoms with Gasteiger partial charge in [-0.2, -0.15) is 0 Å². The van der Waals surface area contributed by atoms with Crippen LogP contribution >= 0.6 is 13.4 Å². The summed E-state index contributed by atoms with van der Waals surface area (Å²) in [5.74, 6) is -3.36. The van der Waals surface area contributed by atoms with Crippen molar-refractivity contribution in [1.82, 2.24) is 59.5 Å². The molecule has 1 aromatic carbocycles. The molecule has 5 aromatic rings. The highest BCUT2D eigenvalue weighted by atomic mass is 32.5. The SMILES string of the molecule is CC(C)[C@H](NC(=O)CCOCCN1C(=O)CCC1=O)C(=O)C[C@@H](CCCNC(N)=O)C(=O)Nc1ccc(COC(=O)N(C)CCOC(=O)Nc2ncnc3c2ncn3[C@@H]2O[C@@H]3COP(O)(=S)O[C@H]4[C@@H](F)[C@H](n5cnc6c(N)ncnc65)O[C@@H]4COP(O)(=S)O[C@H]3[C@H]2F)cc1. The maximum atomic E-state index is 16.7. The van der Waals surface area contributed by atoms with E-state index in [1.165, 1.54) is 17.9 Å². The van der Waals surface area contributed by atoms with Crippen LogP contribution in [0.3, 0.4) is 0 Å². The maximum absolute atomic E-state index is 16.7. The molecule has 0 aliphatic carbocycles. The Balaban J connectivity index is 0.725. The Morgan fingerprint density at radius 2 is 1.40 bits per heavy atom. The second kappa shape index (κ2) is 31.4. The van der Waals surface area contributed by atoms with Crippen molar-refractivity contribution < 1.29 is 98.7 Å². The van der Waals surface area contributed by atoms with E-state index < -0.39 is 124 Å². The number of fused-ring (bicyclic) bond motifs is 4.